The number of nitro benzene ring substituents is 1. The molecule has 0 N–H and O–H groups in total. The number of pyridine rings is 1. The molecule has 0 aliphatic heterocycles. The van der Waals surface area contributed by atoms with Crippen LogP contribution in [0.2, 0.25) is 5.02 Å². The summed E-state index contributed by atoms with van der Waals surface area (Å²) in [6.45, 7) is 0. The minimum atomic E-state index is -0.425. The van der Waals surface area contributed by atoms with Gasteiger partial charge in [0.25, 0.3) is 5.69 Å². The quantitative estimate of drug-likeness (QED) is 0.484. The third-order valence-corrected chi connectivity index (χ3v) is 3.61. The van der Waals surface area contributed by atoms with Crippen LogP contribution in [0.25, 0.3) is 0 Å². The van der Waals surface area contributed by atoms with Gasteiger partial charge >= 0.3 is 0 Å². The zero-order valence-corrected chi connectivity index (χ0v) is 10.8. The minimum Gasteiger partial charge on any atom is -0.258 e. The van der Waals surface area contributed by atoms with E-state index in [9.17, 15) is 10.1 Å². The minimum absolute atomic E-state index is 0.0519. The molecule has 0 atom stereocenters. The normalized spacial score (nSPS) is 10.3. The van der Waals surface area contributed by atoms with Crippen LogP contribution < -0.4 is 0 Å². The molecule has 1 aromatic heterocycles. The molecule has 6 heteroatoms. The Labute approximate surface area is 113 Å². The zero-order chi connectivity index (χ0) is 13.0. The highest BCUT2D eigenvalue weighted by Gasteiger charge is 2.10. The van der Waals surface area contributed by atoms with E-state index in [1.54, 1.807) is 12.3 Å². The third kappa shape index (κ3) is 3.21. The number of nitro groups is 1. The lowest BCUT2D eigenvalue weighted by atomic mass is 10.2. The maximum absolute atomic E-state index is 10.7. The summed E-state index contributed by atoms with van der Waals surface area (Å²) >= 11 is 7.50. The van der Waals surface area contributed by atoms with Gasteiger partial charge in [-0.25, -0.2) is 4.98 Å². The number of non-ortho nitro benzene ring substituents is 1. The predicted molar refractivity (Wildman–Crippen MR) is 71.9 cm³/mol. The van der Waals surface area contributed by atoms with Gasteiger partial charge in [-0.15, -0.1) is 11.8 Å². The summed E-state index contributed by atoms with van der Waals surface area (Å²) in [5.41, 5.74) is 0.789. The Kier molecular flexibility index (Phi) is 4.17. The molecule has 0 unspecified atom stereocenters. The second-order valence-electron chi connectivity index (χ2n) is 3.49. The molecular formula is C12H9ClN2O2S. The number of nitrogens with zero attached hydrogens (tertiary/aromatic N) is 2. The van der Waals surface area contributed by atoms with Crippen LogP contribution in [0.15, 0.2) is 47.6 Å². The fourth-order valence-corrected chi connectivity index (χ4v) is 2.49. The van der Waals surface area contributed by atoms with Crippen LogP contribution in [0, 0.1) is 10.1 Å². The largest absolute Gasteiger partial charge is 0.269 e. The fraction of sp³-hybridized carbons (Fsp3) is 0.0833. The van der Waals surface area contributed by atoms with Gasteiger partial charge in [0.05, 0.1) is 9.95 Å². The Balaban J connectivity index is 2.14. The molecule has 0 fully saturated rings. The van der Waals surface area contributed by atoms with Crippen LogP contribution >= 0.6 is 23.4 Å². The number of hydrogen-bond donors (Lipinski definition) is 0. The number of hydrogen-bond acceptors (Lipinski definition) is 4. The van der Waals surface area contributed by atoms with E-state index in [1.165, 1.54) is 23.9 Å². The summed E-state index contributed by atoms with van der Waals surface area (Å²) in [4.78, 5) is 14.4. The Hall–Kier alpha value is -1.59. The van der Waals surface area contributed by atoms with Gasteiger partial charge in [-0.1, -0.05) is 17.7 Å². The standard InChI is InChI=1S/C12H9ClN2O2S/c13-11-5-4-10(15(16)17)7-9(11)8-18-12-3-1-2-6-14-12/h1-7H,8H2. The smallest absolute Gasteiger partial charge is 0.258 e. The first-order valence-corrected chi connectivity index (χ1v) is 6.50. The van der Waals surface area contributed by atoms with Crippen molar-refractivity contribution in [3.05, 3.63) is 63.3 Å². The Morgan fingerprint density at radius 2 is 2.17 bits per heavy atom. The first-order valence-electron chi connectivity index (χ1n) is 5.13. The van der Waals surface area contributed by atoms with E-state index in [4.69, 9.17) is 11.6 Å². The van der Waals surface area contributed by atoms with Crippen LogP contribution in [-0.2, 0) is 5.75 Å². The van der Waals surface area contributed by atoms with Crippen LogP contribution in [0.4, 0.5) is 5.69 Å². The van der Waals surface area contributed by atoms with Crippen LogP contribution in [0.3, 0.4) is 0 Å². The summed E-state index contributed by atoms with van der Waals surface area (Å²) < 4.78 is 0. The van der Waals surface area contributed by atoms with Gasteiger partial charge in [0.2, 0.25) is 0 Å². The van der Waals surface area contributed by atoms with Crippen LogP contribution in [0.5, 0.6) is 0 Å². The van der Waals surface area contributed by atoms with E-state index >= 15 is 0 Å². The highest BCUT2D eigenvalue weighted by Crippen LogP contribution is 2.28. The molecule has 2 rings (SSSR count). The summed E-state index contributed by atoms with van der Waals surface area (Å²) in [6, 6.07) is 10.1. The van der Waals surface area contributed by atoms with E-state index in [0.29, 0.717) is 10.8 Å². The maximum Gasteiger partial charge on any atom is 0.269 e. The molecule has 0 bridgehead atoms. The molecule has 4 nitrogen and oxygen atoms in total. The van der Waals surface area contributed by atoms with Gasteiger partial charge in [0.15, 0.2) is 0 Å². The Morgan fingerprint density at radius 3 is 2.83 bits per heavy atom. The van der Waals surface area contributed by atoms with E-state index in [0.717, 1.165) is 10.6 Å². The second-order valence-corrected chi connectivity index (χ2v) is 4.89. The molecule has 0 radical (unpaired) electrons. The summed E-state index contributed by atoms with van der Waals surface area (Å²) in [7, 11) is 0. The number of rotatable bonds is 4. The molecular weight excluding hydrogens is 272 g/mol. The summed E-state index contributed by atoms with van der Waals surface area (Å²) in [5, 5.41) is 12.1. The SMILES string of the molecule is O=[N+]([O-])c1ccc(Cl)c(CSc2ccccn2)c1. The van der Waals surface area contributed by atoms with Crippen molar-refractivity contribution in [3.8, 4) is 0 Å². The van der Waals surface area contributed by atoms with Gasteiger partial charge in [-0.2, -0.15) is 0 Å². The van der Waals surface area contributed by atoms with Crippen molar-refractivity contribution in [2.24, 2.45) is 0 Å². The van der Waals surface area contributed by atoms with Crippen LogP contribution in [0.1, 0.15) is 5.56 Å². The van der Waals surface area contributed by atoms with Crippen molar-refractivity contribution in [1.82, 2.24) is 4.98 Å². The molecule has 92 valence electrons. The first kappa shape index (κ1) is 12.9. The molecule has 0 aliphatic rings. The Bertz CT molecular complexity index is 563. The van der Waals surface area contributed by atoms with E-state index in [2.05, 4.69) is 4.98 Å². The van der Waals surface area contributed by atoms with E-state index in [-0.39, 0.29) is 5.69 Å². The van der Waals surface area contributed by atoms with Crippen molar-refractivity contribution in [2.45, 2.75) is 10.8 Å². The average Bonchev–Trinajstić information content (AvgIpc) is 2.38. The molecule has 0 spiro atoms. The number of halogens is 1. The van der Waals surface area contributed by atoms with Gasteiger partial charge in [0.1, 0.15) is 0 Å². The molecule has 0 aliphatic carbocycles. The van der Waals surface area contributed by atoms with E-state index < -0.39 is 4.92 Å². The lowest BCUT2D eigenvalue weighted by molar-refractivity contribution is -0.384. The van der Waals surface area contributed by atoms with Crippen molar-refractivity contribution < 1.29 is 4.92 Å². The van der Waals surface area contributed by atoms with Crippen molar-refractivity contribution in [2.75, 3.05) is 0 Å². The van der Waals surface area contributed by atoms with Crippen molar-refractivity contribution >= 4 is 29.1 Å². The number of benzene rings is 1. The second kappa shape index (κ2) is 5.84. The molecule has 18 heavy (non-hydrogen) atoms. The molecule has 1 aromatic carbocycles. The fourth-order valence-electron chi connectivity index (χ4n) is 1.37. The number of aromatic nitrogens is 1. The van der Waals surface area contributed by atoms with E-state index in [1.807, 2.05) is 18.2 Å². The molecule has 0 saturated heterocycles. The Morgan fingerprint density at radius 1 is 1.33 bits per heavy atom. The topological polar surface area (TPSA) is 56.0 Å². The molecule has 0 amide bonds. The van der Waals surface area contributed by atoms with Gasteiger partial charge in [-0.05, 0) is 23.8 Å². The molecule has 0 saturated carbocycles. The van der Waals surface area contributed by atoms with Gasteiger partial charge in [-0.3, -0.25) is 10.1 Å². The molecule has 1 heterocycles. The maximum atomic E-state index is 10.7. The highest BCUT2D eigenvalue weighted by atomic mass is 35.5. The van der Waals surface area contributed by atoms with Crippen LogP contribution in [-0.4, -0.2) is 9.91 Å². The van der Waals surface area contributed by atoms with Gasteiger partial charge < -0.3 is 0 Å². The van der Waals surface area contributed by atoms with Gasteiger partial charge in [0, 0.05) is 29.1 Å². The lowest BCUT2D eigenvalue weighted by Gasteiger charge is -2.03. The monoisotopic (exact) mass is 280 g/mol. The highest BCUT2D eigenvalue weighted by molar-refractivity contribution is 7.98. The lowest BCUT2D eigenvalue weighted by Crippen LogP contribution is -1.91. The first-order chi connectivity index (χ1) is 8.66. The summed E-state index contributed by atoms with van der Waals surface area (Å²) in [6.07, 6.45) is 1.71. The predicted octanol–water partition coefficient (Wildman–Crippen LogP) is 3.94. The average molecular weight is 281 g/mol. The van der Waals surface area contributed by atoms with Crippen molar-refractivity contribution in [1.29, 1.82) is 0 Å². The van der Waals surface area contributed by atoms with Crippen molar-refractivity contribution in [3.63, 3.8) is 0 Å². The zero-order valence-electron chi connectivity index (χ0n) is 9.25. The molecule has 2 aromatic rings. The summed E-state index contributed by atoms with van der Waals surface area (Å²) in [5.74, 6) is 0.553. The number of thioether (sulfide) groups is 1. The third-order valence-electron chi connectivity index (χ3n) is 2.25.